The molecule has 4 nitrogen and oxygen atoms in total. The van der Waals surface area contributed by atoms with E-state index in [4.69, 9.17) is 14.6 Å². The molecule has 0 saturated heterocycles. The highest BCUT2D eigenvalue weighted by molar-refractivity contribution is 5.07. The van der Waals surface area contributed by atoms with Crippen molar-refractivity contribution in [2.75, 3.05) is 13.2 Å². The quantitative estimate of drug-likeness (QED) is 0.502. The normalized spacial score (nSPS) is 14.5. The second-order valence-electron chi connectivity index (χ2n) is 3.13. The molecule has 0 aliphatic carbocycles. The molecule has 0 heterocycles. The molecule has 0 radical (unpaired) electrons. The molecule has 0 rings (SSSR count). The van der Waals surface area contributed by atoms with Crippen LogP contribution >= 0.6 is 0 Å². The molecule has 0 aromatic carbocycles. The summed E-state index contributed by atoms with van der Waals surface area (Å²) in [6.45, 7) is 6.31. The van der Waals surface area contributed by atoms with Gasteiger partial charge in [-0.1, -0.05) is 5.92 Å². The third kappa shape index (κ3) is 8.40. The van der Waals surface area contributed by atoms with Gasteiger partial charge < -0.3 is 19.7 Å². The van der Waals surface area contributed by atoms with Gasteiger partial charge in [0.1, 0.15) is 6.10 Å². The molecule has 0 amide bonds. The van der Waals surface area contributed by atoms with E-state index in [2.05, 4.69) is 11.8 Å². The Kier molecular flexibility index (Phi) is 8.34. The Morgan fingerprint density at radius 1 is 1.07 bits per heavy atom. The fraction of sp³-hybridized carbons (Fsp3) is 0.818. The summed E-state index contributed by atoms with van der Waals surface area (Å²) in [6, 6.07) is 0. The van der Waals surface area contributed by atoms with Gasteiger partial charge in [-0.05, 0) is 26.7 Å². The van der Waals surface area contributed by atoms with Crippen molar-refractivity contribution < 1.29 is 19.7 Å². The second kappa shape index (κ2) is 8.69. The van der Waals surface area contributed by atoms with Crippen LogP contribution in [0.15, 0.2) is 0 Å². The maximum atomic E-state index is 9.36. The smallest absolute Gasteiger partial charge is 0.222 e. The van der Waals surface area contributed by atoms with Gasteiger partial charge in [0.2, 0.25) is 6.29 Å². The van der Waals surface area contributed by atoms with E-state index in [9.17, 15) is 5.11 Å². The van der Waals surface area contributed by atoms with E-state index in [1.807, 2.05) is 13.8 Å². The highest BCUT2D eigenvalue weighted by Crippen LogP contribution is 1.97. The lowest BCUT2D eigenvalue weighted by atomic mass is 10.2. The number of aliphatic hydroxyl groups excluding tert-OH is 2. The minimum Gasteiger partial charge on any atom is -0.393 e. The lowest BCUT2D eigenvalue weighted by Crippen LogP contribution is -2.17. The van der Waals surface area contributed by atoms with Crippen LogP contribution in [0, 0.1) is 11.8 Å². The molecule has 4 heteroatoms. The van der Waals surface area contributed by atoms with Crippen molar-refractivity contribution in [2.24, 2.45) is 0 Å². The molecule has 0 aromatic heterocycles. The van der Waals surface area contributed by atoms with Crippen LogP contribution in [0.3, 0.4) is 0 Å². The second-order valence-corrected chi connectivity index (χ2v) is 3.13. The average molecular weight is 216 g/mol. The third-order valence-corrected chi connectivity index (χ3v) is 1.57. The lowest BCUT2D eigenvalue weighted by molar-refractivity contribution is -0.0972. The molecule has 0 saturated carbocycles. The summed E-state index contributed by atoms with van der Waals surface area (Å²) in [6.07, 6.45) is -1.76. The predicted octanol–water partition coefficient (Wildman–Crippen LogP) is 0.521. The molecule has 0 spiro atoms. The Labute approximate surface area is 91.2 Å². The van der Waals surface area contributed by atoms with Crippen LogP contribution in [0.5, 0.6) is 0 Å². The van der Waals surface area contributed by atoms with Gasteiger partial charge >= 0.3 is 0 Å². The van der Waals surface area contributed by atoms with Crippen LogP contribution in [-0.2, 0) is 9.47 Å². The molecule has 0 aliphatic rings. The van der Waals surface area contributed by atoms with Gasteiger partial charge in [-0.2, -0.15) is 0 Å². The molecule has 0 bridgehead atoms. The number of hydrogen-bond acceptors (Lipinski definition) is 4. The molecule has 0 aromatic rings. The first-order valence-electron chi connectivity index (χ1n) is 5.20. The fourth-order valence-corrected chi connectivity index (χ4v) is 0.980. The fourth-order valence-electron chi connectivity index (χ4n) is 0.980. The van der Waals surface area contributed by atoms with E-state index in [0.717, 1.165) is 0 Å². The first-order valence-corrected chi connectivity index (χ1v) is 5.20. The molecule has 2 N–H and O–H groups in total. The summed E-state index contributed by atoms with van der Waals surface area (Å²) in [5, 5.41) is 18.4. The highest BCUT2D eigenvalue weighted by atomic mass is 16.7. The highest BCUT2D eigenvalue weighted by Gasteiger charge is 2.06. The number of hydrogen-bond donors (Lipinski definition) is 2. The van der Waals surface area contributed by atoms with Crippen molar-refractivity contribution in [1.29, 1.82) is 0 Å². The van der Waals surface area contributed by atoms with E-state index in [1.54, 1.807) is 6.92 Å². The zero-order valence-electron chi connectivity index (χ0n) is 9.56. The van der Waals surface area contributed by atoms with Crippen LogP contribution in [-0.4, -0.2) is 41.9 Å². The Hall–Kier alpha value is -0.600. The van der Waals surface area contributed by atoms with Crippen LogP contribution < -0.4 is 0 Å². The van der Waals surface area contributed by atoms with E-state index < -0.39 is 18.5 Å². The molecule has 2 atom stereocenters. The summed E-state index contributed by atoms with van der Waals surface area (Å²) in [7, 11) is 0. The van der Waals surface area contributed by atoms with Crippen LogP contribution in [0.4, 0.5) is 0 Å². The summed E-state index contributed by atoms with van der Waals surface area (Å²) >= 11 is 0. The van der Waals surface area contributed by atoms with E-state index >= 15 is 0 Å². The Bertz CT molecular complexity index is 198. The van der Waals surface area contributed by atoms with Crippen molar-refractivity contribution in [3.63, 3.8) is 0 Å². The zero-order chi connectivity index (χ0) is 11.7. The summed E-state index contributed by atoms with van der Waals surface area (Å²) in [4.78, 5) is 0. The number of rotatable bonds is 6. The van der Waals surface area contributed by atoms with Gasteiger partial charge in [0.25, 0.3) is 0 Å². The lowest BCUT2D eigenvalue weighted by Gasteiger charge is -2.10. The summed E-state index contributed by atoms with van der Waals surface area (Å²) < 4.78 is 10.3. The van der Waals surface area contributed by atoms with Crippen molar-refractivity contribution in [3.05, 3.63) is 0 Å². The third-order valence-electron chi connectivity index (χ3n) is 1.57. The standard InChI is InChI=1S/C11H20O4/c1-4-14-11(15-5-2)7-6-10(13)8-9(3)12/h9-13H,4-5,8H2,1-3H3/t9-,10-/m0/s1. The van der Waals surface area contributed by atoms with Gasteiger partial charge in [0.15, 0.2) is 0 Å². The van der Waals surface area contributed by atoms with Crippen molar-refractivity contribution in [2.45, 2.75) is 45.7 Å². The van der Waals surface area contributed by atoms with Crippen molar-refractivity contribution in [3.8, 4) is 11.8 Å². The van der Waals surface area contributed by atoms with Gasteiger partial charge in [0.05, 0.1) is 6.10 Å². The molecule has 0 aliphatic heterocycles. The van der Waals surface area contributed by atoms with Crippen molar-refractivity contribution >= 4 is 0 Å². The van der Waals surface area contributed by atoms with E-state index in [1.165, 1.54) is 0 Å². The topological polar surface area (TPSA) is 58.9 Å². The minimum absolute atomic E-state index is 0.234. The maximum Gasteiger partial charge on any atom is 0.222 e. The average Bonchev–Trinajstić information content (AvgIpc) is 2.14. The molecule has 15 heavy (non-hydrogen) atoms. The SMILES string of the molecule is CCOC(C#C[C@H](O)C[C@H](C)O)OCC. The van der Waals surface area contributed by atoms with Gasteiger partial charge in [0, 0.05) is 19.6 Å². The van der Waals surface area contributed by atoms with E-state index in [0.29, 0.717) is 13.2 Å². The van der Waals surface area contributed by atoms with Crippen molar-refractivity contribution in [1.82, 2.24) is 0 Å². The Morgan fingerprint density at radius 3 is 2.00 bits per heavy atom. The molecular formula is C11H20O4. The summed E-state index contributed by atoms with van der Waals surface area (Å²) in [5.41, 5.74) is 0. The first kappa shape index (κ1) is 14.4. The molecule has 0 unspecified atom stereocenters. The molecule has 0 fully saturated rings. The van der Waals surface area contributed by atoms with E-state index in [-0.39, 0.29) is 6.42 Å². The monoisotopic (exact) mass is 216 g/mol. The van der Waals surface area contributed by atoms with Crippen LogP contribution in [0.1, 0.15) is 27.2 Å². The molecular weight excluding hydrogens is 196 g/mol. The largest absolute Gasteiger partial charge is 0.393 e. The number of ether oxygens (including phenoxy) is 2. The Morgan fingerprint density at radius 2 is 1.60 bits per heavy atom. The maximum absolute atomic E-state index is 9.36. The Balaban J connectivity index is 4.06. The van der Waals surface area contributed by atoms with Crippen LogP contribution in [0.25, 0.3) is 0 Å². The van der Waals surface area contributed by atoms with Gasteiger partial charge in [-0.3, -0.25) is 0 Å². The number of aliphatic hydroxyl groups is 2. The van der Waals surface area contributed by atoms with Gasteiger partial charge in [-0.15, -0.1) is 0 Å². The zero-order valence-corrected chi connectivity index (χ0v) is 9.56. The first-order chi connectivity index (χ1) is 7.10. The van der Waals surface area contributed by atoms with Gasteiger partial charge in [-0.25, -0.2) is 0 Å². The summed E-state index contributed by atoms with van der Waals surface area (Å²) in [5.74, 6) is 5.25. The minimum atomic E-state index is -0.839. The molecule has 88 valence electrons. The van der Waals surface area contributed by atoms with Crippen LogP contribution in [0.2, 0.25) is 0 Å². The predicted molar refractivity (Wildman–Crippen MR) is 57.1 cm³/mol.